The molecule has 0 spiro atoms. The van der Waals surface area contributed by atoms with Gasteiger partial charge in [-0.15, -0.1) is 0 Å². The summed E-state index contributed by atoms with van der Waals surface area (Å²) in [5.74, 6) is 0.152. The Balaban J connectivity index is 1.87. The molecule has 4 heteroatoms. The fraction of sp³-hybridized carbons (Fsp3) is 0.571. The van der Waals surface area contributed by atoms with Gasteiger partial charge in [0, 0.05) is 6.04 Å². The third kappa shape index (κ3) is 3.44. The lowest BCUT2D eigenvalue weighted by atomic mass is 10.1. The molecule has 0 radical (unpaired) electrons. The molecule has 0 aromatic heterocycles. The van der Waals surface area contributed by atoms with Crippen LogP contribution in [0.5, 0.6) is 0 Å². The lowest BCUT2D eigenvalue weighted by Gasteiger charge is -2.17. The Morgan fingerprint density at radius 1 is 1.50 bits per heavy atom. The monoisotopic (exact) mass is 271 g/mol. The molecule has 0 saturated heterocycles. The number of nitrogens with one attached hydrogen (secondary N) is 1. The van der Waals surface area contributed by atoms with Crippen molar-refractivity contribution in [1.82, 2.24) is 5.32 Å². The SMILES string of the molecule is CC(NCC1CCC(O)C1)c1ccc(Cl)c(F)c1. The van der Waals surface area contributed by atoms with Gasteiger partial charge in [0.05, 0.1) is 11.1 Å². The van der Waals surface area contributed by atoms with Gasteiger partial charge in [0.1, 0.15) is 5.82 Å². The highest BCUT2D eigenvalue weighted by atomic mass is 35.5. The lowest BCUT2D eigenvalue weighted by molar-refractivity contribution is 0.177. The van der Waals surface area contributed by atoms with Crippen molar-refractivity contribution in [2.45, 2.75) is 38.3 Å². The zero-order valence-corrected chi connectivity index (χ0v) is 11.3. The van der Waals surface area contributed by atoms with Gasteiger partial charge in [-0.1, -0.05) is 17.7 Å². The van der Waals surface area contributed by atoms with E-state index in [0.717, 1.165) is 31.4 Å². The Kier molecular flexibility index (Phi) is 4.60. The molecule has 18 heavy (non-hydrogen) atoms. The molecule has 0 bridgehead atoms. The van der Waals surface area contributed by atoms with Crippen molar-refractivity contribution < 1.29 is 9.50 Å². The first-order chi connectivity index (χ1) is 8.56. The minimum absolute atomic E-state index is 0.0921. The molecule has 2 rings (SSSR count). The molecule has 1 aliphatic rings. The molecular formula is C14H19ClFNO. The van der Waals surface area contributed by atoms with Crippen LogP contribution in [0.15, 0.2) is 18.2 Å². The van der Waals surface area contributed by atoms with Crippen molar-refractivity contribution >= 4 is 11.6 Å². The van der Waals surface area contributed by atoms with Crippen LogP contribution in [0.1, 0.15) is 37.8 Å². The van der Waals surface area contributed by atoms with Gasteiger partial charge in [0.2, 0.25) is 0 Å². The summed E-state index contributed by atoms with van der Waals surface area (Å²) in [6.07, 6.45) is 2.70. The maximum absolute atomic E-state index is 13.3. The summed E-state index contributed by atoms with van der Waals surface area (Å²) in [5.41, 5.74) is 0.899. The third-order valence-electron chi connectivity index (χ3n) is 3.67. The quantitative estimate of drug-likeness (QED) is 0.881. The van der Waals surface area contributed by atoms with Crippen LogP contribution in [0, 0.1) is 11.7 Å². The maximum Gasteiger partial charge on any atom is 0.142 e. The number of hydrogen-bond donors (Lipinski definition) is 2. The minimum Gasteiger partial charge on any atom is -0.393 e. The molecule has 100 valence electrons. The van der Waals surface area contributed by atoms with E-state index in [2.05, 4.69) is 5.32 Å². The second-order valence-electron chi connectivity index (χ2n) is 5.14. The molecule has 1 aromatic carbocycles. The van der Waals surface area contributed by atoms with Gasteiger partial charge in [-0.05, 0) is 56.3 Å². The number of aliphatic hydroxyl groups is 1. The predicted molar refractivity (Wildman–Crippen MR) is 71.2 cm³/mol. The van der Waals surface area contributed by atoms with Crippen molar-refractivity contribution in [1.29, 1.82) is 0 Å². The van der Waals surface area contributed by atoms with Crippen LogP contribution < -0.4 is 5.32 Å². The number of halogens is 2. The number of aliphatic hydroxyl groups excluding tert-OH is 1. The van der Waals surface area contributed by atoms with E-state index in [1.807, 2.05) is 13.0 Å². The van der Waals surface area contributed by atoms with Gasteiger partial charge in [0.15, 0.2) is 0 Å². The highest BCUT2D eigenvalue weighted by molar-refractivity contribution is 6.30. The summed E-state index contributed by atoms with van der Waals surface area (Å²) < 4.78 is 13.3. The topological polar surface area (TPSA) is 32.3 Å². The summed E-state index contributed by atoms with van der Waals surface area (Å²) in [5, 5.41) is 13.0. The largest absolute Gasteiger partial charge is 0.393 e. The molecule has 3 atom stereocenters. The first-order valence-corrected chi connectivity index (χ1v) is 6.80. The normalized spacial score (nSPS) is 25.3. The van der Waals surface area contributed by atoms with Gasteiger partial charge in [-0.2, -0.15) is 0 Å². The zero-order chi connectivity index (χ0) is 13.1. The second-order valence-corrected chi connectivity index (χ2v) is 5.54. The maximum atomic E-state index is 13.3. The molecule has 2 N–H and O–H groups in total. The highest BCUT2D eigenvalue weighted by Crippen LogP contribution is 2.26. The first-order valence-electron chi connectivity index (χ1n) is 6.42. The van der Waals surface area contributed by atoms with Crippen LogP contribution in [0.2, 0.25) is 5.02 Å². The second kappa shape index (κ2) is 6.00. The molecule has 3 unspecified atom stereocenters. The van der Waals surface area contributed by atoms with E-state index < -0.39 is 0 Å². The van der Waals surface area contributed by atoms with Gasteiger partial charge < -0.3 is 10.4 Å². The minimum atomic E-state index is -0.376. The summed E-state index contributed by atoms with van der Waals surface area (Å²) >= 11 is 5.66. The zero-order valence-electron chi connectivity index (χ0n) is 10.5. The van der Waals surface area contributed by atoms with Crippen molar-refractivity contribution in [2.75, 3.05) is 6.54 Å². The molecule has 1 aromatic rings. The summed E-state index contributed by atoms with van der Waals surface area (Å²) in [4.78, 5) is 0. The van der Waals surface area contributed by atoms with Crippen molar-refractivity contribution in [3.05, 3.63) is 34.6 Å². The van der Waals surface area contributed by atoms with Crippen molar-refractivity contribution in [3.8, 4) is 0 Å². The number of benzene rings is 1. The Morgan fingerprint density at radius 3 is 2.89 bits per heavy atom. The van der Waals surface area contributed by atoms with E-state index in [4.69, 9.17) is 11.6 Å². The van der Waals surface area contributed by atoms with Crippen LogP contribution in [-0.2, 0) is 0 Å². The Morgan fingerprint density at radius 2 is 2.28 bits per heavy atom. The molecule has 1 aliphatic carbocycles. The molecule has 2 nitrogen and oxygen atoms in total. The smallest absolute Gasteiger partial charge is 0.142 e. The van der Waals surface area contributed by atoms with Crippen LogP contribution in [0.4, 0.5) is 4.39 Å². The molecule has 1 saturated carbocycles. The van der Waals surface area contributed by atoms with Crippen LogP contribution in [0.3, 0.4) is 0 Å². The predicted octanol–water partition coefficient (Wildman–Crippen LogP) is 3.29. The molecule has 0 aliphatic heterocycles. The van der Waals surface area contributed by atoms with E-state index in [1.54, 1.807) is 6.07 Å². The van der Waals surface area contributed by atoms with Crippen LogP contribution in [-0.4, -0.2) is 17.8 Å². The van der Waals surface area contributed by atoms with E-state index in [1.165, 1.54) is 6.07 Å². The standard InChI is InChI=1S/C14H19ClFNO/c1-9(11-3-5-13(15)14(16)7-11)17-8-10-2-4-12(18)6-10/h3,5,7,9-10,12,17-18H,2,4,6,8H2,1H3. The first kappa shape index (κ1) is 13.8. The van der Waals surface area contributed by atoms with Gasteiger partial charge in [-0.3, -0.25) is 0 Å². The fourth-order valence-corrected chi connectivity index (χ4v) is 2.59. The van der Waals surface area contributed by atoms with Crippen LogP contribution >= 0.6 is 11.6 Å². The summed E-state index contributed by atoms with van der Waals surface area (Å²) in [6.45, 7) is 2.87. The summed E-state index contributed by atoms with van der Waals surface area (Å²) in [7, 11) is 0. The Hall–Kier alpha value is -0.640. The third-order valence-corrected chi connectivity index (χ3v) is 3.98. The van der Waals surface area contributed by atoms with Crippen LogP contribution in [0.25, 0.3) is 0 Å². The highest BCUT2D eigenvalue weighted by Gasteiger charge is 2.22. The van der Waals surface area contributed by atoms with Crippen molar-refractivity contribution in [3.63, 3.8) is 0 Å². The van der Waals surface area contributed by atoms with Gasteiger partial charge in [-0.25, -0.2) is 4.39 Å². The van der Waals surface area contributed by atoms with Gasteiger partial charge in [0.25, 0.3) is 0 Å². The van der Waals surface area contributed by atoms with E-state index in [-0.39, 0.29) is 23.0 Å². The lowest BCUT2D eigenvalue weighted by Crippen LogP contribution is -2.25. The number of hydrogen-bond acceptors (Lipinski definition) is 2. The summed E-state index contributed by atoms with van der Waals surface area (Å²) in [6, 6.07) is 4.99. The van der Waals surface area contributed by atoms with Gasteiger partial charge >= 0.3 is 0 Å². The molecular weight excluding hydrogens is 253 g/mol. The molecule has 1 fully saturated rings. The Bertz CT molecular complexity index is 413. The fourth-order valence-electron chi connectivity index (χ4n) is 2.48. The van der Waals surface area contributed by atoms with E-state index in [9.17, 15) is 9.50 Å². The van der Waals surface area contributed by atoms with Crippen molar-refractivity contribution in [2.24, 2.45) is 5.92 Å². The van der Waals surface area contributed by atoms with E-state index >= 15 is 0 Å². The Labute approximate surface area is 112 Å². The molecule has 0 heterocycles. The average Bonchev–Trinajstić information content (AvgIpc) is 2.75. The van der Waals surface area contributed by atoms with E-state index in [0.29, 0.717) is 5.92 Å². The average molecular weight is 272 g/mol. The molecule has 0 amide bonds. The number of rotatable bonds is 4.